The van der Waals surface area contributed by atoms with Crippen LogP contribution in [0, 0.1) is 0 Å². The third-order valence-electron chi connectivity index (χ3n) is 1.94. The lowest BCUT2D eigenvalue weighted by atomic mass is 9.96. The summed E-state index contributed by atoms with van der Waals surface area (Å²) in [5, 5.41) is 9.02. The molecule has 0 amide bonds. The van der Waals surface area contributed by atoms with Crippen molar-refractivity contribution in [3.63, 3.8) is 0 Å². The first-order valence-corrected chi connectivity index (χ1v) is 3.99. The molecule has 0 aliphatic carbocycles. The number of rotatable bonds is 3. The number of methoxy groups -OCH3 is 1. The molecule has 0 saturated carbocycles. The molecule has 1 aromatic rings. The fourth-order valence-corrected chi connectivity index (χ4v) is 0.934. The Morgan fingerprint density at radius 2 is 2.31 bits per heavy atom. The molecule has 0 aliphatic heterocycles. The number of ether oxygens (including phenoxy) is 1. The normalized spacial score (nSPS) is 15.1. The maximum Gasteiger partial charge on any atom is 0.137 e. The lowest BCUT2D eigenvalue weighted by Gasteiger charge is -2.21. The third-order valence-corrected chi connectivity index (χ3v) is 1.94. The Balaban J connectivity index is 3.01. The number of pyridine rings is 1. The van der Waals surface area contributed by atoms with Crippen LogP contribution in [0.15, 0.2) is 18.5 Å². The summed E-state index contributed by atoms with van der Waals surface area (Å²) >= 11 is 0. The Morgan fingerprint density at radius 1 is 1.62 bits per heavy atom. The van der Waals surface area contributed by atoms with Gasteiger partial charge in [-0.25, -0.2) is 0 Å². The summed E-state index contributed by atoms with van der Waals surface area (Å²) in [5.74, 6) is 0.641. The molecular weight excluding hydrogens is 168 g/mol. The van der Waals surface area contributed by atoms with Crippen LogP contribution in [0.4, 0.5) is 0 Å². The monoisotopic (exact) mass is 182 g/mol. The van der Waals surface area contributed by atoms with Gasteiger partial charge in [-0.2, -0.15) is 0 Å². The molecule has 0 bridgehead atoms. The zero-order valence-electron chi connectivity index (χ0n) is 7.82. The molecule has 1 heterocycles. The summed E-state index contributed by atoms with van der Waals surface area (Å²) in [4.78, 5) is 3.95. The predicted molar refractivity (Wildman–Crippen MR) is 49.4 cm³/mol. The first-order valence-electron chi connectivity index (χ1n) is 3.99. The highest BCUT2D eigenvalue weighted by Gasteiger charge is 2.20. The average Bonchev–Trinajstić information content (AvgIpc) is 2.18. The van der Waals surface area contributed by atoms with E-state index in [0.29, 0.717) is 5.75 Å². The van der Waals surface area contributed by atoms with Gasteiger partial charge in [-0.15, -0.1) is 0 Å². The van der Waals surface area contributed by atoms with E-state index in [2.05, 4.69) is 4.98 Å². The summed E-state index contributed by atoms with van der Waals surface area (Å²) in [6, 6.07) is 1.77. The summed E-state index contributed by atoms with van der Waals surface area (Å²) in [6.07, 6.45) is 3.22. The van der Waals surface area contributed by atoms with E-state index in [4.69, 9.17) is 15.6 Å². The topological polar surface area (TPSA) is 68.4 Å². The van der Waals surface area contributed by atoms with E-state index >= 15 is 0 Å². The van der Waals surface area contributed by atoms with Crippen molar-refractivity contribution >= 4 is 0 Å². The fraction of sp³-hybridized carbons (Fsp3) is 0.444. The summed E-state index contributed by atoms with van der Waals surface area (Å²) < 4.78 is 4.99. The van der Waals surface area contributed by atoms with Crippen molar-refractivity contribution in [1.29, 1.82) is 0 Å². The number of aliphatic hydroxyl groups is 1. The zero-order valence-corrected chi connectivity index (χ0v) is 7.82. The number of hydrogen-bond acceptors (Lipinski definition) is 4. The van der Waals surface area contributed by atoms with Gasteiger partial charge in [0.15, 0.2) is 0 Å². The van der Waals surface area contributed by atoms with Gasteiger partial charge in [0.1, 0.15) is 5.75 Å². The van der Waals surface area contributed by atoms with Gasteiger partial charge in [0.25, 0.3) is 0 Å². The second-order valence-electron chi connectivity index (χ2n) is 3.19. The Hall–Kier alpha value is -1.13. The highest BCUT2D eigenvalue weighted by atomic mass is 16.5. The molecule has 0 unspecified atom stereocenters. The highest BCUT2D eigenvalue weighted by Crippen LogP contribution is 2.19. The van der Waals surface area contributed by atoms with Gasteiger partial charge in [-0.05, 0) is 18.6 Å². The van der Waals surface area contributed by atoms with Gasteiger partial charge in [0, 0.05) is 6.20 Å². The summed E-state index contributed by atoms with van der Waals surface area (Å²) in [6.45, 7) is 1.62. The summed E-state index contributed by atoms with van der Waals surface area (Å²) in [5.41, 5.74) is 5.81. The largest absolute Gasteiger partial charge is 0.495 e. The minimum absolute atomic E-state index is 0.123. The molecule has 4 nitrogen and oxygen atoms in total. The van der Waals surface area contributed by atoms with Gasteiger partial charge in [0.05, 0.1) is 25.5 Å². The second kappa shape index (κ2) is 3.72. The second-order valence-corrected chi connectivity index (χ2v) is 3.19. The number of aliphatic hydroxyl groups excluding tert-OH is 1. The van der Waals surface area contributed by atoms with Gasteiger partial charge in [0.2, 0.25) is 0 Å². The van der Waals surface area contributed by atoms with Crippen molar-refractivity contribution in [3.05, 3.63) is 24.0 Å². The van der Waals surface area contributed by atoms with Crippen LogP contribution in [-0.4, -0.2) is 23.8 Å². The fourth-order valence-electron chi connectivity index (χ4n) is 0.934. The Bertz CT molecular complexity index is 287. The molecule has 1 aromatic heterocycles. The van der Waals surface area contributed by atoms with Gasteiger partial charge >= 0.3 is 0 Å². The van der Waals surface area contributed by atoms with E-state index in [-0.39, 0.29) is 6.61 Å². The molecule has 0 aromatic carbocycles. The zero-order chi connectivity index (χ0) is 9.90. The molecular formula is C9H14N2O2. The van der Waals surface area contributed by atoms with Crippen LogP contribution in [-0.2, 0) is 5.54 Å². The van der Waals surface area contributed by atoms with Crippen LogP contribution in [0.25, 0.3) is 0 Å². The van der Waals surface area contributed by atoms with Crippen LogP contribution >= 0.6 is 0 Å². The van der Waals surface area contributed by atoms with E-state index in [1.54, 1.807) is 32.5 Å². The molecule has 3 N–H and O–H groups in total. The van der Waals surface area contributed by atoms with Crippen LogP contribution in [0.2, 0.25) is 0 Å². The molecule has 0 fully saturated rings. The van der Waals surface area contributed by atoms with Gasteiger partial charge < -0.3 is 15.6 Å². The molecule has 1 rings (SSSR count). The minimum atomic E-state index is -0.762. The maximum absolute atomic E-state index is 9.02. The van der Waals surface area contributed by atoms with Crippen molar-refractivity contribution in [2.24, 2.45) is 5.73 Å². The molecule has 0 spiro atoms. The summed E-state index contributed by atoms with van der Waals surface area (Å²) in [7, 11) is 1.56. The van der Waals surface area contributed by atoms with Crippen molar-refractivity contribution < 1.29 is 9.84 Å². The number of nitrogens with zero attached hydrogens (tertiary/aromatic N) is 1. The van der Waals surface area contributed by atoms with Crippen LogP contribution < -0.4 is 10.5 Å². The Kier molecular flexibility index (Phi) is 2.85. The third kappa shape index (κ3) is 2.17. The molecule has 0 saturated heterocycles. The number of aromatic nitrogens is 1. The van der Waals surface area contributed by atoms with E-state index < -0.39 is 5.54 Å². The maximum atomic E-state index is 9.02. The number of hydrogen-bond donors (Lipinski definition) is 2. The first-order chi connectivity index (χ1) is 6.10. The van der Waals surface area contributed by atoms with Crippen LogP contribution in [0.1, 0.15) is 12.5 Å². The minimum Gasteiger partial charge on any atom is -0.495 e. The Labute approximate surface area is 77.4 Å². The average molecular weight is 182 g/mol. The van der Waals surface area contributed by atoms with Gasteiger partial charge in [-0.3, -0.25) is 4.98 Å². The van der Waals surface area contributed by atoms with E-state index in [1.807, 2.05) is 0 Å². The van der Waals surface area contributed by atoms with Crippen molar-refractivity contribution in [3.8, 4) is 5.75 Å². The first kappa shape index (κ1) is 9.95. The smallest absolute Gasteiger partial charge is 0.137 e. The quantitative estimate of drug-likeness (QED) is 0.703. The molecule has 0 radical (unpaired) electrons. The van der Waals surface area contributed by atoms with Crippen molar-refractivity contribution in [2.75, 3.05) is 13.7 Å². The lowest BCUT2D eigenvalue weighted by Crippen LogP contribution is -2.37. The molecule has 4 heteroatoms. The highest BCUT2D eigenvalue weighted by molar-refractivity contribution is 5.28. The molecule has 72 valence electrons. The standard InChI is InChI=1S/C9H14N2O2/c1-9(10,6-12)7-3-8(13-2)5-11-4-7/h3-5,12H,6,10H2,1-2H3/t9-/m1/s1. The SMILES string of the molecule is COc1cncc([C@](C)(N)CO)c1. The van der Waals surface area contributed by atoms with Crippen molar-refractivity contribution in [1.82, 2.24) is 4.98 Å². The van der Waals surface area contributed by atoms with Crippen LogP contribution in [0.5, 0.6) is 5.75 Å². The van der Waals surface area contributed by atoms with Crippen LogP contribution in [0.3, 0.4) is 0 Å². The number of nitrogens with two attached hydrogens (primary N) is 1. The molecule has 1 atom stereocenters. The van der Waals surface area contributed by atoms with E-state index in [1.165, 1.54) is 0 Å². The van der Waals surface area contributed by atoms with E-state index in [0.717, 1.165) is 5.56 Å². The molecule has 13 heavy (non-hydrogen) atoms. The Morgan fingerprint density at radius 3 is 2.85 bits per heavy atom. The van der Waals surface area contributed by atoms with Gasteiger partial charge in [-0.1, -0.05) is 0 Å². The van der Waals surface area contributed by atoms with Crippen molar-refractivity contribution in [2.45, 2.75) is 12.5 Å². The molecule has 0 aliphatic rings. The van der Waals surface area contributed by atoms with E-state index in [9.17, 15) is 0 Å². The lowest BCUT2D eigenvalue weighted by molar-refractivity contribution is 0.209. The predicted octanol–water partition coefficient (Wildman–Crippen LogP) is 0.256.